The zero-order chi connectivity index (χ0) is 13.2. The third-order valence-electron chi connectivity index (χ3n) is 2.50. The molecule has 1 aromatic carbocycles. The van der Waals surface area contributed by atoms with Crippen LogP contribution in [0, 0.1) is 0 Å². The van der Waals surface area contributed by atoms with Crippen LogP contribution >= 0.6 is 0 Å². The maximum Gasteiger partial charge on any atom is 0.166 e. The van der Waals surface area contributed by atoms with E-state index >= 15 is 0 Å². The monoisotopic (exact) mass is 264 g/mol. The third-order valence-corrected chi connectivity index (χ3v) is 3.44. The number of para-hydroxylation sites is 1. The van der Waals surface area contributed by atoms with Gasteiger partial charge in [0.05, 0.1) is 16.8 Å². The molecule has 2 aromatic rings. The zero-order valence-electron chi connectivity index (χ0n) is 9.83. The molecule has 0 saturated carbocycles. The molecule has 1 aromatic heterocycles. The lowest BCUT2D eigenvalue weighted by atomic mass is 10.1. The van der Waals surface area contributed by atoms with Crippen LogP contribution in [0.4, 0.5) is 0 Å². The number of benzene rings is 1. The Morgan fingerprint density at radius 1 is 1.22 bits per heavy atom. The predicted octanol–water partition coefficient (Wildman–Crippen LogP) is 1.25. The lowest BCUT2D eigenvalue weighted by Gasteiger charge is -2.03. The zero-order valence-corrected chi connectivity index (χ0v) is 10.6. The minimum Gasteiger partial charge on any atom is -0.294 e. The van der Waals surface area contributed by atoms with Crippen molar-refractivity contribution in [3.05, 3.63) is 36.2 Å². The van der Waals surface area contributed by atoms with Crippen LogP contribution < -0.4 is 0 Å². The molecule has 6 heteroatoms. The highest BCUT2D eigenvalue weighted by atomic mass is 32.2. The highest BCUT2D eigenvalue weighted by Gasteiger charge is 2.13. The highest BCUT2D eigenvalue weighted by Crippen LogP contribution is 2.15. The summed E-state index contributed by atoms with van der Waals surface area (Å²) in [6.45, 7) is 0. The van der Waals surface area contributed by atoms with E-state index in [0.717, 1.165) is 6.26 Å². The molecular weight excluding hydrogens is 252 g/mol. The van der Waals surface area contributed by atoms with Gasteiger partial charge in [0, 0.05) is 30.6 Å². The van der Waals surface area contributed by atoms with Gasteiger partial charge in [-0.15, -0.1) is 0 Å². The van der Waals surface area contributed by atoms with Crippen molar-refractivity contribution >= 4 is 26.7 Å². The second-order valence-corrected chi connectivity index (χ2v) is 6.29. The molecule has 0 spiro atoms. The van der Waals surface area contributed by atoms with Crippen LogP contribution in [-0.4, -0.2) is 36.2 Å². The molecule has 0 atom stereocenters. The summed E-state index contributed by atoms with van der Waals surface area (Å²) in [5, 5.41) is 0. The number of hydrogen-bond donors (Lipinski definition) is 0. The first-order chi connectivity index (χ1) is 8.47. The van der Waals surface area contributed by atoms with E-state index in [9.17, 15) is 13.2 Å². The minimum atomic E-state index is -3.14. The van der Waals surface area contributed by atoms with E-state index in [0.29, 0.717) is 16.6 Å². The molecule has 0 fully saturated rings. The van der Waals surface area contributed by atoms with Crippen LogP contribution in [0.15, 0.2) is 30.6 Å². The van der Waals surface area contributed by atoms with Gasteiger partial charge in [0.15, 0.2) is 5.78 Å². The van der Waals surface area contributed by atoms with Gasteiger partial charge >= 0.3 is 0 Å². The Kier molecular flexibility index (Phi) is 3.38. The van der Waals surface area contributed by atoms with Crippen molar-refractivity contribution in [1.29, 1.82) is 0 Å². The van der Waals surface area contributed by atoms with Crippen molar-refractivity contribution in [3.63, 3.8) is 0 Å². The van der Waals surface area contributed by atoms with Crippen molar-refractivity contribution in [2.24, 2.45) is 0 Å². The topological polar surface area (TPSA) is 77.0 Å². The van der Waals surface area contributed by atoms with Gasteiger partial charge in [-0.25, -0.2) is 8.42 Å². The van der Waals surface area contributed by atoms with Gasteiger partial charge in [0.25, 0.3) is 0 Å². The molecule has 0 aliphatic rings. The van der Waals surface area contributed by atoms with Crippen molar-refractivity contribution in [2.75, 3.05) is 12.0 Å². The Bertz CT molecular complexity index is 690. The van der Waals surface area contributed by atoms with E-state index in [1.54, 1.807) is 24.4 Å². The average molecular weight is 264 g/mol. The van der Waals surface area contributed by atoms with Crippen LogP contribution in [0.2, 0.25) is 0 Å². The molecule has 5 nitrogen and oxygen atoms in total. The summed E-state index contributed by atoms with van der Waals surface area (Å²) < 4.78 is 22.1. The summed E-state index contributed by atoms with van der Waals surface area (Å²) in [5.41, 5.74) is 1.56. The van der Waals surface area contributed by atoms with E-state index in [4.69, 9.17) is 0 Å². The quantitative estimate of drug-likeness (QED) is 0.777. The Hall–Kier alpha value is -1.82. The SMILES string of the molecule is CS(=O)(=O)CCC(=O)c1cccc2nccnc12. The van der Waals surface area contributed by atoms with E-state index in [1.807, 2.05) is 0 Å². The number of sulfone groups is 1. The Balaban J connectivity index is 2.34. The normalized spacial score (nSPS) is 11.6. The first-order valence-corrected chi connectivity index (χ1v) is 7.44. The molecule has 18 heavy (non-hydrogen) atoms. The highest BCUT2D eigenvalue weighted by molar-refractivity contribution is 7.90. The lowest BCUT2D eigenvalue weighted by molar-refractivity contribution is 0.0990. The van der Waals surface area contributed by atoms with Crippen LogP contribution in [0.5, 0.6) is 0 Å². The molecule has 0 aliphatic heterocycles. The summed E-state index contributed by atoms with van der Waals surface area (Å²) in [6, 6.07) is 5.11. The molecule has 0 N–H and O–H groups in total. The van der Waals surface area contributed by atoms with Gasteiger partial charge in [0.1, 0.15) is 9.84 Å². The van der Waals surface area contributed by atoms with Crippen molar-refractivity contribution in [3.8, 4) is 0 Å². The van der Waals surface area contributed by atoms with E-state index in [-0.39, 0.29) is 18.0 Å². The summed E-state index contributed by atoms with van der Waals surface area (Å²) in [7, 11) is -3.14. The van der Waals surface area contributed by atoms with Crippen molar-refractivity contribution < 1.29 is 13.2 Å². The van der Waals surface area contributed by atoms with Gasteiger partial charge in [-0.1, -0.05) is 6.07 Å². The lowest BCUT2D eigenvalue weighted by Crippen LogP contribution is -2.10. The summed E-state index contributed by atoms with van der Waals surface area (Å²) in [4.78, 5) is 20.2. The predicted molar refractivity (Wildman–Crippen MR) is 68.2 cm³/mol. The first kappa shape index (κ1) is 12.6. The van der Waals surface area contributed by atoms with E-state index in [2.05, 4.69) is 9.97 Å². The van der Waals surface area contributed by atoms with Crippen molar-refractivity contribution in [2.45, 2.75) is 6.42 Å². The fourth-order valence-corrected chi connectivity index (χ4v) is 2.19. The standard InChI is InChI=1S/C12H12N2O3S/c1-18(16,17)8-5-11(15)9-3-2-4-10-12(9)14-7-6-13-10/h2-4,6-7H,5,8H2,1H3. The molecule has 0 aliphatic carbocycles. The number of Topliss-reactive ketones (excluding diaryl/α,β-unsaturated/α-hetero) is 1. The van der Waals surface area contributed by atoms with E-state index in [1.165, 1.54) is 6.20 Å². The molecule has 0 unspecified atom stereocenters. The number of rotatable bonds is 4. The van der Waals surface area contributed by atoms with E-state index < -0.39 is 9.84 Å². The molecule has 0 amide bonds. The number of carbonyl (C=O) groups excluding carboxylic acids is 1. The third kappa shape index (κ3) is 2.89. The number of aromatic nitrogens is 2. The smallest absolute Gasteiger partial charge is 0.166 e. The Morgan fingerprint density at radius 2 is 1.94 bits per heavy atom. The van der Waals surface area contributed by atoms with Gasteiger partial charge in [-0.05, 0) is 12.1 Å². The van der Waals surface area contributed by atoms with Crippen LogP contribution in [0.3, 0.4) is 0 Å². The summed E-state index contributed by atoms with van der Waals surface area (Å²) in [6.07, 6.45) is 4.14. The molecule has 94 valence electrons. The van der Waals surface area contributed by atoms with Crippen LogP contribution in [-0.2, 0) is 9.84 Å². The van der Waals surface area contributed by atoms with Gasteiger partial charge in [-0.3, -0.25) is 14.8 Å². The minimum absolute atomic E-state index is 0.0332. The molecule has 0 bridgehead atoms. The van der Waals surface area contributed by atoms with Gasteiger partial charge in [0.2, 0.25) is 0 Å². The maximum absolute atomic E-state index is 12.0. The molecule has 0 saturated heterocycles. The molecular formula is C12H12N2O3S. The molecule has 2 rings (SSSR count). The van der Waals surface area contributed by atoms with Gasteiger partial charge in [-0.2, -0.15) is 0 Å². The average Bonchev–Trinajstić information content (AvgIpc) is 2.34. The second-order valence-electron chi connectivity index (χ2n) is 4.03. The maximum atomic E-state index is 12.0. The first-order valence-electron chi connectivity index (χ1n) is 5.38. The Labute approximate surface area is 105 Å². The number of ketones is 1. The largest absolute Gasteiger partial charge is 0.294 e. The van der Waals surface area contributed by atoms with Crippen LogP contribution in [0.1, 0.15) is 16.8 Å². The number of carbonyl (C=O) groups is 1. The molecule has 1 heterocycles. The fraction of sp³-hybridized carbons (Fsp3) is 0.250. The fourth-order valence-electron chi connectivity index (χ4n) is 1.63. The van der Waals surface area contributed by atoms with Gasteiger partial charge < -0.3 is 0 Å². The molecule has 0 radical (unpaired) electrons. The number of fused-ring (bicyclic) bond motifs is 1. The summed E-state index contributed by atoms with van der Waals surface area (Å²) >= 11 is 0. The van der Waals surface area contributed by atoms with Crippen LogP contribution in [0.25, 0.3) is 11.0 Å². The Morgan fingerprint density at radius 3 is 2.67 bits per heavy atom. The van der Waals surface area contributed by atoms with Crippen molar-refractivity contribution in [1.82, 2.24) is 9.97 Å². The summed E-state index contributed by atoms with van der Waals surface area (Å²) in [5.74, 6) is -0.380. The number of nitrogens with zero attached hydrogens (tertiary/aromatic N) is 2. The second kappa shape index (κ2) is 4.81. The number of hydrogen-bond acceptors (Lipinski definition) is 5.